The topological polar surface area (TPSA) is 54.1 Å². The first-order chi connectivity index (χ1) is 11.2. The fraction of sp³-hybridized carbons (Fsp3) is 0.500. The maximum absolute atomic E-state index is 12.5. The summed E-state index contributed by atoms with van der Waals surface area (Å²) in [5.41, 5.74) is 2.69. The number of aryl methyl sites for hydroxylation is 1. The van der Waals surface area contributed by atoms with E-state index < -0.39 is 0 Å². The van der Waals surface area contributed by atoms with Gasteiger partial charge in [-0.15, -0.1) is 0 Å². The van der Waals surface area contributed by atoms with Gasteiger partial charge in [0.05, 0.1) is 6.61 Å². The Hall–Kier alpha value is -1.49. The van der Waals surface area contributed by atoms with Crippen molar-refractivity contribution in [3.05, 3.63) is 29.5 Å². The number of carbonyl (C=O) groups is 1. The van der Waals surface area contributed by atoms with Crippen LogP contribution in [0.15, 0.2) is 18.2 Å². The molecule has 1 amide bonds. The van der Waals surface area contributed by atoms with Crippen molar-refractivity contribution in [1.29, 1.82) is 0 Å². The van der Waals surface area contributed by atoms with Crippen LogP contribution in [-0.4, -0.2) is 28.9 Å². The Morgan fingerprint density at radius 3 is 2.83 bits per heavy atom. The third-order valence-corrected chi connectivity index (χ3v) is 4.77. The standard InChI is InChI=1S/C18H23BrN2O2/c1-12-9-14(23-8-7-19)10-16-15(12)11-17(21-16)18(22)20-13-5-3-2-4-6-13/h9-11,13,21H,2-8H2,1H3,(H,20,22). The lowest BCUT2D eigenvalue weighted by molar-refractivity contribution is 0.0923. The van der Waals surface area contributed by atoms with Gasteiger partial charge < -0.3 is 15.0 Å². The van der Waals surface area contributed by atoms with Gasteiger partial charge in [0, 0.05) is 28.3 Å². The summed E-state index contributed by atoms with van der Waals surface area (Å²) in [5, 5.41) is 5.03. The van der Waals surface area contributed by atoms with E-state index in [2.05, 4.69) is 26.2 Å². The van der Waals surface area contributed by atoms with E-state index in [0.29, 0.717) is 18.3 Å². The maximum atomic E-state index is 12.5. The van der Waals surface area contributed by atoms with E-state index in [9.17, 15) is 4.79 Å². The molecule has 0 radical (unpaired) electrons. The second kappa shape index (κ2) is 7.39. The molecule has 0 unspecified atom stereocenters. The van der Waals surface area contributed by atoms with Crippen LogP contribution in [0.5, 0.6) is 5.75 Å². The van der Waals surface area contributed by atoms with Crippen LogP contribution in [0.3, 0.4) is 0 Å². The zero-order valence-electron chi connectivity index (χ0n) is 13.5. The Morgan fingerprint density at radius 2 is 2.09 bits per heavy atom. The van der Waals surface area contributed by atoms with Crippen molar-refractivity contribution >= 4 is 32.7 Å². The molecule has 23 heavy (non-hydrogen) atoms. The molecular weight excluding hydrogens is 356 g/mol. The molecule has 4 nitrogen and oxygen atoms in total. The van der Waals surface area contributed by atoms with Gasteiger partial charge in [-0.25, -0.2) is 0 Å². The number of amides is 1. The van der Waals surface area contributed by atoms with Crippen molar-refractivity contribution in [3.63, 3.8) is 0 Å². The zero-order valence-corrected chi connectivity index (χ0v) is 15.0. The second-order valence-electron chi connectivity index (χ2n) is 6.23. The van der Waals surface area contributed by atoms with Crippen molar-refractivity contribution in [3.8, 4) is 5.75 Å². The molecule has 2 N–H and O–H groups in total. The smallest absolute Gasteiger partial charge is 0.267 e. The van der Waals surface area contributed by atoms with E-state index in [1.54, 1.807) is 0 Å². The highest BCUT2D eigenvalue weighted by atomic mass is 79.9. The fourth-order valence-electron chi connectivity index (χ4n) is 3.26. The average Bonchev–Trinajstić information content (AvgIpc) is 2.99. The Morgan fingerprint density at radius 1 is 1.30 bits per heavy atom. The van der Waals surface area contributed by atoms with Gasteiger partial charge in [-0.05, 0) is 37.5 Å². The highest BCUT2D eigenvalue weighted by Gasteiger charge is 2.18. The minimum absolute atomic E-state index is 0.00423. The van der Waals surface area contributed by atoms with E-state index >= 15 is 0 Å². The second-order valence-corrected chi connectivity index (χ2v) is 7.02. The number of benzene rings is 1. The highest BCUT2D eigenvalue weighted by Crippen LogP contribution is 2.26. The van der Waals surface area contributed by atoms with Gasteiger partial charge in [-0.2, -0.15) is 0 Å². The maximum Gasteiger partial charge on any atom is 0.267 e. The largest absolute Gasteiger partial charge is 0.493 e. The predicted octanol–water partition coefficient (Wildman–Crippen LogP) is 4.31. The SMILES string of the molecule is Cc1cc(OCCBr)cc2[nH]c(C(=O)NC3CCCCC3)cc12. The molecule has 1 saturated carbocycles. The van der Waals surface area contributed by atoms with E-state index in [0.717, 1.165) is 40.4 Å². The van der Waals surface area contributed by atoms with Crippen LogP contribution >= 0.6 is 15.9 Å². The lowest BCUT2D eigenvalue weighted by Gasteiger charge is -2.22. The molecule has 2 aromatic rings. The van der Waals surface area contributed by atoms with Crippen molar-refractivity contribution in [2.45, 2.75) is 45.1 Å². The molecule has 0 aliphatic heterocycles. The summed E-state index contributed by atoms with van der Waals surface area (Å²) >= 11 is 3.36. The van der Waals surface area contributed by atoms with Gasteiger partial charge in [0.25, 0.3) is 5.91 Å². The van der Waals surface area contributed by atoms with Crippen molar-refractivity contribution in [2.75, 3.05) is 11.9 Å². The first-order valence-electron chi connectivity index (χ1n) is 8.30. The number of alkyl halides is 1. The van der Waals surface area contributed by atoms with Crippen LogP contribution in [0.1, 0.15) is 48.2 Å². The Kier molecular flexibility index (Phi) is 5.26. The summed E-state index contributed by atoms with van der Waals surface area (Å²) in [6, 6.07) is 6.24. The number of aromatic nitrogens is 1. The molecule has 0 saturated heterocycles. The molecule has 124 valence electrons. The number of nitrogens with one attached hydrogen (secondary N) is 2. The molecule has 1 heterocycles. The first kappa shape index (κ1) is 16.4. The molecule has 1 aliphatic rings. The van der Waals surface area contributed by atoms with E-state index in [-0.39, 0.29) is 5.91 Å². The van der Waals surface area contributed by atoms with Gasteiger partial charge in [-0.3, -0.25) is 4.79 Å². The third-order valence-electron chi connectivity index (χ3n) is 4.45. The molecule has 0 atom stereocenters. The summed E-state index contributed by atoms with van der Waals surface area (Å²) in [4.78, 5) is 15.7. The summed E-state index contributed by atoms with van der Waals surface area (Å²) in [6.07, 6.45) is 5.90. The van der Waals surface area contributed by atoms with Gasteiger partial charge >= 0.3 is 0 Å². The lowest BCUT2D eigenvalue weighted by Crippen LogP contribution is -2.36. The third kappa shape index (κ3) is 3.89. The molecule has 1 aromatic carbocycles. The molecule has 1 aliphatic carbocycles. The minimum Gasteiger partial charge on any atom is -0.493 e. The number of fused-ring (bicyclic) bond motifs is 1. The van der Waals surface area contributed by atoms with Crippen molar-refractivity contribution in [1.82, 2.24) is 10.3 Å². The van der Waals surface area contributed by atoms with Crippen LogP contribution in [0, 0.1) is 6.92 Å². The van der Waals surface area contributed by atoms with Crippen LogP contribution < -0.4 is 10.1 Å². The number of hydrogen-bond donors (Lipinski definition) is 2. The summed E-state index contributed by atoms with van der Waals surface area (Å²) < 4.78 is 5.67. The van der Waals surface area contributed by atoms with Crippen LogP contribution in [0.25, 0.3) is 10.9 Å². The molecule has 1 aromatic heterocycles. The predicted molar refractivity (Wildman–Crippen MR) is 96.7 cm³/mol. The van der Waals surface area contributed by atoms with E-state index in [1.165, 1.54) is 19.3 Å². The lowest BCUT2D eigenvalue weighted by atomic mass is 9.95. The number of H-pyrrole nitrogens is 1. The van der Waals surface area contributed by atoms with Crippen molar-refractivity contribution < 1.29 is 9.53 Å². The number of ether oxygens (including phenoxy) is 1. The normalized spacial score (nSPS) is 15.7. The Balaban J connectivity index is 1.78. The van der Waals surface area contributed by atoms with Gasteiger partial charge in [0.15, 0.2) is 0 Å². The Labute approximate surface area is 145 Å². The average molecular weight is 379 g/mol. The number of hydrogen-bond acceptors (Lipinski definition) is 2. The molecule has 1 fully saturated rings. The summed E-state index contributed by atoms with van der Waals surface area (Å²) in [7, 11) is 0. The van der Waals surface area contributed by atoms with Gasteiger partial charge in [-0.1, -0.05) is 35.2 Å². The van der Waals surface area contributed by atoms with E-state index in [1.807, 2.05) is 25.1 Å². The highest BCUT2D eigenvalue weighted by molar-refractivity contribution is 9.09. The zero-order chi connectivity index (χ0) is 16.2. The summed E-state index contributed by atoms with van der Waals surface area (Å²) in [6.45, 7) is 2.67. The van der Waals surface area contributed by atoms with Crippen LogP contribution in [-0.2, 0) is 0 Å². The number of rotatable bonds is 5. The van der Waals surface area contributed by atoms with Crippen LogP contribution in [0.4, 0.5) is 0 Å². The number of halogens is 1. The molecular formula is C18H23BrN2O2. The fourth-order valence-corrected chi connectivity index (χ4v) is 3.42. The monoisotopic (exact) mass is 378 g/mol. The first-order valence-corrected chi connectivity index (χ1v) is 9.42. The number of carbonyl (C=O) groups excluding carboxylic acids is 1. The minimum atomic E-state index is -0.00423. The molecule has 5 heteroatoms. The summed E-state index contributed by atoms with van der Waals surface area (Å²) in [5.74, 6) is 0.825. The molecule has 0 spiro atoms. The quantitative estimate of drug-likeness (QED) is 0.761. The van der Waals surface area contributed by atoms with Gasteiger partial charge in [0.2, 0.25) is 0 Å². The Bertz CT molecular complexity index is 690. The van der Waals surface area contributed by atoms with Crippen LogP contribution in [0.2, 0.25) is 0 Å². The van der Waals surface area contributed by atoms with Crippen molar-refractivity contribution in [2.24, 2.45) is 0 Å². The van der Waals surface area contributed by atoms with Gasteiger partial charge in [0.1, 0.15) is 11.4 Å². The molecule has 3 rings (SSSR count). The molecule has 0 bridgehead atoms. The number of aromatic amines is 1. The van der Waals surface area contributed by atoms with E-state index in [4.69, 9.17) is 4.74 Å².